The van der Waals surface area contributed by atoms with E-state index < -0.39 is 0 Å². The Morgan fingerprint density at radius 2 is 1.80 bits per heavy atom. The smallest absolute Gasteiger partial charge is 0.222 e. The second-order valence-electron chi connectivity index (χ2n) is 6.20. The van der Waals surface area contributed by atoms with Gasteiger partial charge in [0, 0.05) is 31.7 Å². The van der Waals surface area contributed by atoms with Gasteiger partial charge >= 0.3 is 0 Å². The molecule has 2 heterocycles. The minimum absolute atomic E-state index is 0.406. The number of likely N-dealkylation sites (N-methyl/N-ethyl adjacent to an activating group) is 1. The Bertz CT molecular complexity index is 450. The van der Waals surface area contributed by atoms with E-state index in [1.54, 1.807) is 0 Å². The summed E-state index contributed by atoms with van der Waals surface area (Å²) < 4.78 is 0. The fourth-order valence-electron chi connectivity index (χ4n) is 2.56. The first-order chi connectivity index (χ1) is 9.47. The molecular weight excluding hydrogens is 250 g/mol. The van der Waals surface area contributed by atoms with Crippen molar-refractivity contribution in [2.75, 3.05) is 43.9 Å². The van der Waals surface area contributed by atoms with Gasteiger partial charge < -0.3 is 15.5 Å². The molecule has 0 atom stereocenters. The van der Waals surface area contributed by atoms with Crippen LogP contribution in [0, 0.1) is 12.8 Å². The van der Waals surface area contributed by atoms with E-state index in [-0.39, 0.29) is 0 Å². The standard InChI is InChI=1S/C15H27N5/c1-11(2)5-6-13-12(3)14(18-15(16)17-13)20-9-7-19(4)8-10-20/h11H,5-10H2,1-4H3,(H2,16,17,18). The molecule has 5 heteroatoms. The normalized spacial score (nSPS) is 16.9. The molecule has 112 valence electrons. The van der Waals surface area contributed by atoms with Gasteiger partial charge in [0.2, 0.25) is 5.95 Å². The van der Waals surface area contributed by atoms with Crippen molar-refractivity contribution < 1.29 is 0 Å². The first-order valence-electron chi connectivity index (χ1n) is 7.54. The molecule has 1 aliphatic heterocycles. The molecule has 1 aliphatic rings. The van der Waals surface area contributed by atoms with Crippen LogP contribution in [-0.2, 0) is 6.42 Å². The molecule has 1 saturated heterocycles. The third kappa shape index (κ3) is 3.60. The third-order valence-electron chi connectivity index (χ3n) is 4.00. The van der Waals surface area contributed by atoms with Gasteiger partial charge in [0.1, 0.15) is 5.82 Å². The van der Waals surface area contributed by atoms with E-state index >= 15 is 0 Å². The Labute approximate surface area is 122 Å². The van der Waals surface area contributed by atoms with Gasteiger partial charge in [0.05, 0.1) is 5.69 Å². The van der Waals surface area contributed by atoms with Gasteiger partial charge in [0.15, 0.2) is 0 Å². The predicted molar refractivity (Wildman–Crippen MR) is 84.1 cm³/mol. The van der Waals surface area contributed by atoms with Crippen LogP contribution >= 0.6 is 0 Å². The van der Waals surface area contributed by atoms with E-state index in [2.05, 4.69) is 47.6 Å². The van der Waals surface area contributed by atoms with E-state index in [0.717, 1.165) is 50.5 Å². The molecule has 0 radical (unpaired) electrons. The monoisotopic (exact) mass is 277 g/mol. The Hall–Kier alpha value is -1.36. The lowest BCUT2D eigenvalue weighted by atomic mass is 10.0. The Morgan fingerprint density at radius 1 is 1.15 bits per heavy atom. The quantitative estimate of drug-likeness (QED) is 0.908. The van der Waals surface area contributed by atoms with Gasteiger partial charge in [-0.3, -0.25) is 0 Å². The highest BCUT2D eigenvalue weighted by Gasteiger charge is 2.19. The van der Waals surface area contributed by atoms with Gasteiger partial charge in [0.25, 0.3) is 0 Å². The topological polar surface area (TPSA) is 58.3 Å². The Morgan fingerprint density at radius 3 is 2.40 bits per heavy atom. The van der Waals surface area contributed by atoms with Crippen LogP contribution in [0.3, 0.4) is 0 Å². The first kappa shape index (κ1) is 15.0. The number of nitrogen functional groups attached to an aromatic ring is 1. The lowest BCUT2D eigenvalue weighted by Gasteiger charge is -2.34. The fraction of sp³-hybridized carbons (Fsp3) is 0.733. The van der Waals surface area contributed by atoms with Crippen LogP contribution in [0.4, 0.5) is 11.8 Å². The minimum Gasteiger partial charge on any atom is -0.368 e. The average Bonchev–Trinajstić information content (AvgIpc) is 2.40. The number of hydrogen-bond donors (Lipinski definition) is 1. The van der Waals surface area contributed by atoms with Crippen LogP contribution in [0.5, 0.6) is 0 Å². The molecule has 0 spiro atoms. The predicted octanol–water partition coefficient (Wildman–Crippen LogP) is 1.71. The molecule has 1 aromatic heterocycles. The second kappa shape index (κ2) is 6.39. The molecule has 2 N–H and O–H groups in total. The van der Waals surface area contributed by atoms with Gasteiger partial charge in [-0.25, -0.2) is 4.98 Å². The molecule has 0 amide bonds. The zero-order valence-corrected chi connectivity index (χ0v) is 13.2. The lowest BCUT2D eigenvalue weighted by molar-refractivity contribution is 0.312. The number of aryl methyl sites for hydroxylation is 1. The Kier molecular flexibility index (Phi) is 4.81. The SMILES string of the molecule is Cc1c(CCC(C)C)nc(N)nc1N1CCN(C)CC1. The summed E-state index contributed by atoms with van der Waals surface area (Å²) in [5, 5.41) is 0. The summed E-state index contributed by atoms with van der Waals surface area (Å²) in [5.74, 6) is 2.12. The number of nitrogens with two attached hydrogens (primary N) is 1. The number of piperazine rings is 1. The largest absolute Gasteiger partial charge is 0.368 e. The molecule has 0 saturated carbocycles. The lowest BCUT2D eigenvalue weighted by Crippen LogP contribution is -2.45. The summed E-state index contributed by atoms with van der Waals surface area (Å²) in [6.45, 7) is 10.8. The van der Waals surface area contributed by atoms with Crippen molar-refractivity contribution in [1.29, 1.82) is 0 Å². The summed E-state index contributed by atoms with van der Waals surface area (Å²) in [6, 6.07) is 0. The van der Waals surface area contributed by atoms with E-state index in [1.807, 2.05) is 0 Å². The van der Waals surface area contributed by atoms with Crippen molar-refractivity contribution in [2.45, 2.75) is 33.6 Å². The van der Waals surface area contributed by atoms with Gasteiger partial charge in [-0.05, 0) is 32.7 Å². The number of hydrogen-bond acceptors (Lipinski definition) is 5. The maximum Gasteiger partial charge on any atom is 0.222 e. The van der Waals surface area contributed by atoms with Crippen LogP contribution < -0.4 is 10.6 Å². The third-order valence-corrected chi connectivity index (χ3v) is 4.00. The van der Waals surface area contributed by atoms with E-state index in [4.69, 9.17) is 5.73 Å². The highest BCUT2D eigenvalue weighted by Crippen LogP contribution is 2.23. The molecule has 0 unspecified atom stereocenters. The fourth-order valence-corrected chi connectivity index (χ4v) is 2.56. The molecule has 20 heavy (non-hydrogen) atoms. The number of nitrogens with zero attached hydrogens (tertiary/aromatic N) is 4. The molecule has 0 bridgehead atoms. The molecule has 2 rings (SSSR count). The number of aromatic nitrogens is 2. The van der Waals surface area contributed by atoms with Crippen molar-refractivity contribution in [1.82, 2.24) is 14.9 Å². The summed E-state index contributed by atoms with van der Waals surface area (Å²) in [5.41, 5.74) is 8.22. The summed E-state index contributed by atoms with van der Waals surface area (Å²) >= 11 is 0. The summed E-state index contributed by atoms with van der Waals surface area (Å²) in [6.07, 6.45) is 2.12. The molecule has 0 aliphatic carbocycles. The van der Waals surface area contributed by atoms with Gasteiger partial charge in [-0.1, -0.05) is 13.8 Å². The van der Waals surface area contributed by atoms with E-state index in [1.165, 1.54) is 5.56 Å². The molecule has 1 aromatic rings. The maximum atomic E-state index is 5.91. The van der Waals surface area contributed by atoms with Crippen LogP contribution in [0.25, 0.3) is 0 Å². The Balaban J connectivity index is 2.20. The van der Waals surface area contributed by atoms with Crippen LogP contribution in [-0.4, -0.2) is 48.1 Å². The molecular formula is C15H27N5. The zero-order valence-electron chi connectivity index (χ0n) is 13.2. The van der Waals surface area contributed by atoms with Crippen LogP contribution in [0.2, 0.25) is 0 Å². The summed E-state index contributed by atoms with van der Waals surface area (Å²) in [7, 11) is 2.16. The minimum atomic E-state index is 0.406. The average molecular weight is 277 g/mol. The highest BCUT2D eigenvalue weighted by atomic mass is 15.3. The van der Waals surface area contributed by atoms with Crippen molar-refractivity contribution in [3.8, 4) is 0 Å². The number of anilines is 2. The van der Waals surface area contributed by atoms with E-state index in [9.17, 15) is 0 Å². The van der Waals surface area contributed by atoms with Crippen molar-refractivity contribution in [3.63, 3.8) is 0 Å². The summed E-state index contributed by atoms with van der Waals surface area (Å²) in [4.78, 5) is 13.6. The van der Waals surface area contributed by atoms with Gasteiger partial charge in [-0.2, -0.15) is 4.98 Å². The molecule has 1 fully saturated rings. The van der Waals surface area contributed by atoms with E-state index in [0.29, 0.717) is 11.9 Å². The van der Waals surface area contributed by atoms with Crippen LogP contribution in [0.15, 0.2) is 0 Å². The highest BCUT2D eigenvalue weighted by molar-refractivity contribution is 5.51. The van der Waals surface area contributed by atoms with Crippen LogP contribution in [0.1, 0.15) is 31.5 Å². The van der Waals surface area contributed by atoms with Crippen molar-refractivity contribution in [3.05, 3.63) is 11.3 Å². The second-order valence-corrected chi connectivity index (χ2v) is 6.20. The zero-order chi connectivity index (χ0) is 14.7. The first-order valence-corrected chi connectivity index (χ1v) is 7.54. The number of rotatable bonds is 4. The molecule has 0 aromatic carbocycles. The van der Waals surface area contributed by atoms with Crippen molar-refractivity contribution >= 4 is 11.8 Å². The van der Waals surface area contributed by atoms with Gasteiger partial charge in [-0.15, -0.1) is 0 Å². The van der Waals surface area contributed by atoms with Crippen molar-refractivity contribution in [2.24, 2.45) is 5.92 Å². The maximum absolute atomic E-state index is 5.91. The molecule has 5 nitrogen and oxygen atoms in total.